The van der Waals surface area contributed by atoms with Crippen molar-refractivity contribution in [1.82, 2.24) is 30.0 Å². The van der Waals surface area contributed by atoms with E-state index in [9.17, 15) is 4.79 Å². The molecule has 0 saturated carbocycles. The van der Waals surface area contributed by atoms with Crippen LogP contribution in [0.4, 0.5) is 0 Å². The third kappa shape index (κ3) is 6.43. The van der Waals surface area contributed by atoms with Crippen LogP contribution < -0.4 is 5.32 Å². The van der Waals surface area contributed by atoms with Gasteiger partial charge in [-0.1, -0.05) is 29.8 Å². The van der Waals surface area contributed by atoms with Crippen molar-refractivity contribution in [2.75, 3.05) is 19.6 Å². The van der Waals surface area contributed by atoms with E-state index in [1.165, 1.54) is 42.4 Å². The van der Waals surface area contributed by atoms with Crippen LogP contribution in [-0.4, -0.2) is 56.2 Å². The molecule has 1 atom stereocenters. The van der Waals surface area contributed by atoms with Gasteiger partial charge in [-0.25, -0.2) is 4.98 Å². The highest BCUT2D eigenvalue weighted by Gasteiger charge is 2.20. The molecule has 1 unspecified atom stereocenters. The first kappa shape index (κ1) is 26.0. The maximum atomic E-state index is 12.6. The van der Waals surface area contributed by atoms with Crippen molar-refractivity contribution in [3.05, 3.63) is 63.8 Å². The number of thiazole rings is 1. The summed E-state index contributed by atoms with van der Waals surface area (Å²) in [6.45, 7) is 5.14. The summed E-state index contributed by atoms with van der Waals surface area (Å²) in [4.78, 5) is 19.7. The summed E-state index contributed by atoms with van der Waals surface area (Å²) in [6.07, 6.45) is 6.42. The second-order valence-corrected chi connectivity index (χ2v) is 11.3. The fraction of sp³-hybridized carbons (Fsp3) is 0.385. The van der Waals surface area contributed by atoms with Crippen molar-refractivity contribution in [3.8, 4) is 17.3 Å². The number of nitrogens with zero attached hydrogens (tertiary/aromatic N) is 5. The van der Waals surface area contributed by atoms with Gasteiger partial charge in [0.25, 0.3) is 5.91 Å². The van der Waals surface area contributed by atoms with E-state index in [1.807, 2.05) is 46.3 Å². The number of hydrogen-bond acceptors (Lipinski definition) is 8. The molecule has 1 amide bonds. The molecular weight excluding hydrogens is 528 g/mol. The second kappa shape index (κ2) is 12.3. The van der Waals surface area contributed by atoms with Gasteiger partial charge in [0.2, 0.25) is 5.82 Å². The highest BCUT2D eigenvalue weighted by molar-refractivity contribution is 7.98. The van der Waals surface area contributed by atoms with E-state index < -0.39 is 0 Å². The fourth-order valence-corrected chi connectivity index (χ4v) is 6.29. The molecular formula is C26H29ClN6O2S2. The molecule has 1 N–H and O–H groups in total. The topological polar surface area (TPSA) is 89.1 Å². The first-order valence-corrected chi connectivity index (χ1v) is 14.7. The maximum absolute atomic E-state index is 12.6. The first-order chi connectivity index (χ1) is 18.1. The zero-order valence-corrected chi connectivity index (χ0v) is 23.0. The van der Waals surface area contributed by atoms with Crippen LogP contribution in [-0.2, 0) is 5.75 Å². The van der Waals surface area contributed by atoms with Crippen molar-refractivity contribution in [2.45, 2.75) is 49.6 Å². The largest absolute Gasteiger partial charge is 0.461 e. The molecule has 1 aromatic carbocycles. The Labute approximate surface area is 229 Å². The molecule has 11 heteroatoms. The third-order valence-corrected chi connectivity index (χ3v) is 8.64. The van der Waals surface area contributed by atoms with Crippen LogP contribution in [0.1, 0.15) is 48.1 Å². The standard InChI is InChI=1S/C26H29ClN6O2S2/c1-18-6-2-3-13-32(18)14-5-12-28-25(34)21-16-36-23(29-21)17-37-26-31-30-24(22-7-4-15-35-22)33(26)20-10-8-19(27)9-11-20/h4,7-11,15-16,18H,2-3,5-6,12-14,17H2,1H3,(H,28,34). The monoisotopic (exact) mass is 556 g/mol. The smallest absolute Gasteiger partial charge is 0.270 e. The molecule has 8 nitrogen and oxygen atoms in total. The lowest BCUT2D eigenvalue weighted by Gasteiger charge is -2.33. The predicted molar refractivity (Wildman–Crippen MR) is 148 cm³/mol. The van der Waals surface area contributed by atoms with Gasteiger partial charge in [-0.15, -0.1) is 21.5 Å². The lowest BCUT2D eigenvalue weighted by atomic mass is 10.0. The minimum absolute atomic E-state index is 0.122. The number of benzene rings is 1. The van der Waals surface area contributed by atoms with E-state index in [0.717, 1.165) is 30.2 Å². The van der Waals surface area contributed by atoms with Crippen LogP contribution in [0, 0.1) is 0 Å². The van der Waals surface area contributed by atoms with Crippen LogP contribution in [0.15, 0.2) is 57.6 Å². The van der Waals surface area contributed by atoms with E-state index in [2.05, 4.69) is 32.3 Å². The Kier molecular flexibility index (Phi) is 8.60. The molecule has 0 radical (unpaired) electrons. The molecule has 0 spiro atoms. The Balaban J connectivity index is 1.19. The number of piperidine rings is 1. The number of aromatic nitrogens is 4. The van der Waals surface area contributed by atoms with Crippen molar-refractivity contribution < 1.29 is 9.21 Å². The molecule has 37 heavy (non-hydrogen) atoms. The van der Waals surface area contributed by atoms with Gasteiger partial charge in [0.15, 0.2) is 10.9 Å². The Hall–Kier alpha value is -2.66. The molecule has 4 aromatic rings. The van der Waals surface area contributed by atoms with E-state index >= 15 is 0 Å². The van der Waals surface area contributed by atoms with E-state index in [1.54, 1.807) is 6.26 Å². The van der Waals surface area contributed by atoms with Crippen LogP contribution in [0.2, 0.25) is 5.02 Å². The van der Waals surface area contributed by atoms with Crippen molar-refractivity contribution >= 4 is 40.6 Å². The number of rotatable bonds is 10. The van der Waals surface area contributed by atoms with Crippen molar-refractivity contribution in [2.24, 2.45) is 0 Å². The summed E-state index contributed by atoms with van der Waals surface area (Å²) >= 11 is 9.07. The summed E-state index contributed by atoms with van der Waals surface area (Å²) < 4.78 is 7.51. The van der Waals surface area contributed by atoms with Gasteiger partial charge >= 0.3 is 0 Å². The molecule has 0 bridgehead atoms. The Morgan fingerprint density at radius 3 is 2.89 bits per heavy atom. The van der Waals surface area contributed by atoms with Crippen LogP contribution in [0.3, 0.4) is 0 Å². The molecule has 3 aromatic heterocycles. The number of furan rings is 1. The highest BCUT2D eigenvalue weighted by atomic mass is 35.5. The number of thioether (sulfide) groups is 1. The number of amides is 1. The Bertz CT molecular complexity index is 1310. The van der Waals surface area contributed by atoms with E-state index in [-0.39, 0.29) is 5.91 Å². The molecule has 4 heterocycles. The minimum atomic E-state index is -0.122. The lowest BCUT2D eigenvalue weighted by molar-refractivity contribution is 0.0944. The van der Waals surface area contributed by atoms with Gasteiger partial charge in [0.05, 0.1) is 12.0 Å². The Morgan fingerprint density at radius 2 is 2.11 bits per heavy atom. The summed E-state index contributed by atoms with van der Waals surface area (Å²) in [5, 5.41) is 15.8. The van der Waals surface area contributed by atoms with Gasteiger partial charge < -0.3 is 14.6 Å². The van der Waals surface area contributed by atoms with E-state index in [4.69, 9.17) is 16.0 Å². The molecule has 1 aliphatic heterocycles. The van der Waals surface area contributed by atoms with Crippen LogP contribution in [0.25, 0.3) is 17.3 Å². The van der Waals surface area contributed by atoms with Gasteiger partial charge in [0, 0.05) is 35.2 Å². The SMILES string of the molecule is CC1CCCCN1CCCNC(=O)c1csc(CSc2nnc(-c3ccco3)n2-c2ccc(Cl)cc2)n1. The van der Waals surface area contributed by atoms with Gasteiger partial charge in [0.1, 0.15) is 10.7 Å². The minimum Gasteiger partial charge on any atom is -0.461 e. The van der Waals surface area contributed by atoms with Gasteiger partial charge in [-0.3, -0.25) is 9.36 Å². The van der Waals surface area contributed by atoms with Crippen molar-refractivity contribution in [3.63, 3.8) is 0 Å². The number of carbonyl (C=O) groups is 1. The zero-order chi connectivity index (χ0) is 25.6. The molecule has 5 rings (SSSR count). The Morgan fingerprint density at radius 1 is 1.24 bits per heavy atom. The predicted octanol–water partition coefficient (Wildman–Crippen LogP) is 5.92. The number of halogens is 1. The van der Waals surface area contributed by atoms with Gasteiger partial charge in [-0.2, -0.15) is 0 Å². The number of hydrogen-bond donors (Lipinski definition) is 1. The first-order valence-electron chi connectivity index (χ1n) is 12.4. The normalized spacial score (nSPS) is 16.2. The molecule has 0 aliphatic carbocycles. The molecule has 194 valence electrons. The maximum Gasteiger partial charge on any atom is 0.270 e. The zero-order valence-electron chi connectivity index (χ0n) is 20.6. The average Bonchev–Trinajstić information content (AvgIpc) is 3.68. The van der Waals surface area contributed by atoms with Crippen LogP contribution in [0.5, 0.6) is 0 Å². The fourth-order valence-electron chi connectivity index (χ4n) is 4.42. The van der Waals surface area contributed by atoms with Crippen molar-refractivity contribution in [1.29, 1.82) is 0 Å². The second-order valence-electron chi connectivity index (χ2n) is 9.00. The van der Waals surface area contributed by atoms with Crippen LogP contribution >= 0.6 is 34.7 Å². The number of likely N-dealkylation sites (tertiary alicyclic amines) is 1. The summed E-state index contributed by atoms with van der Waals surface area (Å²) in [6, 6.07) is 11.8. The average molecular weight is 557 g/mol. The summed E-state index contributed by atoms with van der Waals surface area (Å²) in [5.41, 5.74) is 1.34. The summed E-state index contributed by atoms with van der Waals surface area (Å²) in [5.74, 6) is 1.67. The van der Waals surface area contributed by atoms with E-state index in [0.29, 0.717) is 45.8 Å². The molecule has 1 saturated heterocycles. The number of carbonyl (C=O) groups excluding carboxylic acids is 1. The summed E-state index contributed by atoms with van der Waals surface area (Å²) in [7, 11) is 0. The quantitative estimate of drug-likeness (QED) is 0.191. The highest BCUT2D eigenvalue weighted by Crippen LogP contribution is 2.31. The number of nitrogens with one attached hydrogen (secondary N) is 1. The molecule has 1 aliphatic rings. The molecule has 1 fully saturated rings. The van der Waals surface area contributed by atoms with Gasteiger partial charge in [-0.05, 0) is 69.1 Å². The third-order valence-electron chi connectivity index (χ3n) is 6.42. The lowest BCUT2D eigenvalue weighted by Crippen LogP contribution is -2.39.